The topological polar surface area (TPSA) is 6.25 Å². The van der Waals surface area contributed by atoms with E-state index in [0.717, 1.165) is 12.7 Å². The summed E-state index contributed by atoms with van der Waals surface area (Å²) < 4.78 is 2.54. The smallest absolute Gasteiger partial charge is 0.218 e. The Kier molecular flexibility index (Phi) is 2.87. The molecule has 0 saturated heterocycles. The first-order valence-electron chi connectivity index (χ1n) is 6.75. The van der Waals surface area contributed by atoms with E-state index in [1.54, 1.807) is 0 Å². The van der Waals surface area contributed by atoms with Crippen LogP contribution < -0.4 is 4.90 Å². The highest BCUT2D eigenvalue weighted by Crippen LogP contribution is 2.25. The van der Waals surface area contributed by atoms with E-state index in [1.165, 1.54) is 43.4 Å². The van der Waals surface area contributed by atoms with Gasteiger partial charge in [-0.25, -0.2) is 4.58 Å². The second-order valence-electron chi connectivity index (χ2n) is 5.33. The molecule has 2 aliphatic rings. The Morgan fingerprint density at radius 1 is 1.12 bits per heavy atom. The van der Waals surface area contributed by atoms with Gasteiger partial charge in [0.05, 0.1) is 11.3 Å². The lowest BCUT2D eigenvalue weighted by atomic mass is 9.94. The molecule has 2 heteroatoms. The van der Waals surface area contributed by atoms with E-state index < -0.39 is 0 Å². The molecule has 3 rings (SSSR count). The van der Waals surface area contributed by atoms with Gasteiger partial charge < -0.3 is 4.90 Å². The van der Waals surface area contributed by atoms with Crippen LogP contribution in [0.4, 0.5) is 5.69 Å². The molecular formula is C15H21N2+. The Bertz CT molecular complexity index is 430. The zero-order valence-electron chi connectivity index (χ0n) is 10.6. The molecule has 0 bridgehead atoms. The maximum atomic E-state index is 2.54. The van der Waals surface area contributed by atoms with E-state index in [-0.39, 0.29) is 0 Å². The predicted octanol–water partition coefficient (Wildman–Crippen LogP) is 2.86. The van der Waals surface area contributed by atoms with Crippen LogP contribution in [-0.2, 0) is 0 Å². The molecule has 0 amide bonds. The van der Waals surface area contributed by atoms with Crippen LogP contribution in [0.15, 0.2) is 24.3 Å². The van der Waals surface area contributed by atoms with E-state index >= 15 is 0 Å². The van der Waals surface area contributed by atoms with Crippen molar-refractivity contribution in [2.75, 3.05) is 18.6 Å². The summed E-state index contributed by atoms with van der Waals surface area (Å²) in [5.74, 6) is 0. The van der Waals surface area contributed by atoms with Gasteiger partial charge in [-0.2, -0.15) is 0 Å². The van der Waals surface area contributed by atoms with Gasteiger partial charge in [0.2, 0.25) is 6.67 Å². The number of hydrogen-bond acceptors (Lipinski definition) is 1. The summed E-state index contributed by atoms with van der Waals surface area (Å²) in [6.07, 6.45) is 9.34. The summed E-state index contributed by atoms with van der Waals surface area (Å²) in [4.78, 5) is 2.37. The number of nitrogens with zero attached hydrogens (tertiary/aromatic N) is 2. The fourth-order valence-electron chi connectivity index (χ4n) is 3.12. The average Bonchev–Trinajstić information content (AvgIpc) is 2.40. The standard InChI is InChI=1S/C15H21N2/c1-16-12-17(14-8-3-2-4-9-14)11-13-7-5-6-10-15(13)16/h5-7,10-11,14H,2-4,8-9,12H2,1H3/q+1. The van der Waals surface area contributed by atoms with Gasteiger partial charge in [-0.05, 0) is 25.0 Å². The van der Waals surface area contributed by atoms with Gasteiger partial charge in [-0.1, -0.05) is 18.6 Å². The summed E-state index contributed by atoms with van der Waals surface area (Å²) in [7, 11) is 2.20. The summed E-state index contributed by atoms with van der Waals surface area (Å²) in [5, 5.41) is 0. The van der Waals surface area contributed by atoms with E-state index in [2.05, 4.69) is 47.0 Å². The van der Waals surface area contributed by atoms with Crippen LogP contribution in [0, 0.1) is 0 Å². The third-order valence-electron chi connectivity index (χ3n) is 4.07. The first kappa shape index (κ1) is 10.8. The SMILES string of the molecule is CN1C[N+](C2CCCCC2)=Cc2ccccc21. The molecule has 1 aromatic carbocycles. The third-order valence-corrected chi connectivity index (χ3v) is 4.07. The highest BCUT2D eigenvalue weighted by atomic mass is 15.3. The Morgan fingerprint density at radius 3 is 2.71 bits per heavy atom. The molecule has 1 aliphatic heterocycles. The van der Waals surface area contributed by atoms with Crippen molar-refractivity contribution in [3.8, 4) is 0 Å². The maximum Gasteiger partial charge on any atom is 0.218 e. The fourth-order valence-corrected chi connectivity index (χ4v) is 3.12. The molecule has 0 unspecified atom stereocenters. The van der Waals surface area contributed by atoms with Crippen LogP contribution in [0.25, 0.3) is 0 Å². The Labute approximate surface area is 104 Å². The molecule has 1 saturated carbocycles. The predicted molar refractivity (Wildman–Crippen MR) is 72.0 cm³/mol. The monoisotopic (exact) mass is 229 g/mol. The van der Waals surface area contributed by atoms with Crippen molar-refractivity contribution in [1.29, 1.82) is 0 Å². The Hall–Kier alpha value is -1.31. The van der Waals surface area contributed by atoms with Gasteiger partial charge in [0.15, 0.2) is 12.3 Å². The van der Waals surface area contributed by atoms with Gasteiger partial charge in [0.25, 0.3) is 0 Å². The molecule has 2 nitrogen and oxygen atoms in total. The highest BCUT2D eigenvalue weighted by Gasteiger charge is 2.28. The van der Waals surface area contributed by atoms with E-state index in [4.69, 9.17) is 0 Å². The van der Waals surface area contributed by atoms with Gasteiger partial charge in [0.1, 0.15) is 0 Å². The fraction of sp³-hybridized carbons (Fsp3) is 0.533. The van der Waals surface area contributed by atoms with E-state index in [0.29, 0.717) is 0 Å². The number of para-hydroxylation sites is 1. The molecule has 0 radical (unpaired) electrons. The molecule has 90 valence electrons. The van der Waals surface area contributed by atoms with Crippen LogP contribution in [0.5, 0.6) is 0 Å². The molecule has 17 heavy (non-hydrogen) atoms. The maximum absolute atomic E-state index is 2.54. The quantitative estimate of drug-likeness (QED) is 0.671. The number of fused-ring (bicyclic) bond motifs is 1. The lowest BCUT2D eigenvalue weighted by molar-refractivity contribution is -0.565. The summed E-state index contributed by atoms with van der Waals surface area (Å²) in [6, 6.07) is 9.46. The van der Waals surface area contributed by atoms with Gasteiger partial charge in [0, 0.05) is 19.9 Å². The summed E-state index contributed by atoms with van der Waals surface area (Å²) >= 11 is 0. The largest absolute Gasteiger partial charge is 0.319 e. The van der Waals surface area contributed by atoms with Crippen molar-refractivity contribution in [3.05, 3.63) is 29.8 Å². The van der Waals surface area contributed by atoms with E-state index in [1.807, 2.05) is 0 Å². The molecule has 1 aliphatic carbocycles. The lowest BCUT2D eigenvalue weighted by Gasteiger charge is -2.28. The van der Waals surface area contributed by atoms with Gasteiger partial charge in [-0.15, -0.1) is 0 Å². The molecule has 1 fully saturated rings. The minimum atomic E-state index is 0.763. The minimum absolute atomic E-state index is 0.763. The molecular weight excluding hydrogens is 208 g/mol. The zero-order valence-corrected chi connectivity index (χ0v) is 10.6. The van der Waals surface area contributed by atoms with E-state index in [9.17, 15) is 0 Å². The van der Waals surface area contributed by atoms with Crippen molar-refractivity contribution >= 4 is 11.9 Å². The highest BCUT2D eigenvalue weighted by molar-refractivity contribution is 5.86. The Morgan fingerprint density at radius 2 is 1.88 bits per heavy atom. The molecule has 0 aromatic heterocycles. The third kappa shape index (κ3) is 2.08. The van der Waals surface area contributed by atoms with Crippen molar-refractivity contribution in [1.82, 2.24) is 0 Å². The second kappa shape index (κ2) is 4.52. The number of hydrogen-bond donors (Lipinski definition) is 0. The van der Waals surface area contributed by atoms with Crippen LogP contribution in [0.2, 0.25) is 0 Å². The average molecular weight is 229 g/mol. The van der Waals surface area contributed by atoms with Crippen LogP contribution in [0.3, 0.4) is 0 Å². The summed E-state index contributed by atoms with van der Waals surface area (Å²) in [5.41, 5.74) is 2.73. The molecule has 0 N–H and O–H groups in total. The second-order valence-corrected chi connectivity index (χ2v) is 5.33. The number of benzene rings is 1. The van der Waals surface area contributed by atoms with Crippen molar-refractivity contribution in [2.24, 2.45) is 0 Å². The van der Waals surface area contributed by atoms with Gasteiger partial charge >= 0.3 is 0 Å². The molecule has 1 aromatic rings. The Balaban J connectivity index is 1.90. The number of anilines is 1. The van der Waals surface area contributed by atoms with Crippen LogP contribution in [-0.4, -0.2) is 30.5 Å². The minimum Gasteiger partial charge on any atom is -0.319 e. The first-order valence-corrected chi connectivity index (χ1v) is 6.75. The first-order chi connectivity index (χ1) is 8.34. The van der Waals surface area contributed by atoms with Gasteiger partial charge in [-0.3, -0.25) is 0 Å². The van der Waals surface area contributed by atoms with Crippen molar-refractivity contribution in [2.45, 2.75) is 38.1 Å². The molecule has 1 heterocycles. The van der Waals surface area contributed by atoms with Crippen LogP contribution in [0.1, 0.15) is 37.7 Å². The van der Waals surface area contributed by atoms with Crippen LogP contribution >= 0.6 is 0 Å². The van der Waals surface area contributed by atoms with Crippen molar-refractivity contribution in [3.63, 3.8) is 0 Å². The zero-order chi connectivity index (χ0) is 11.7. The molecule has 0 atom stereocenters. The van der Waals surface area contributed by atoms with Crippen molar-refractivity contribution < 1.29 is 4.58 Å². The molecule has 0 spiro atoms. The number of rotatable bonds is 1. The summed E-state index contributed by atoms with van der Waals surface area (Å²) in [6.45, 7) is 1.04. The normalized spacial score (nSPS) is 21.0. The lowest BCUT2D eigenvalue weighted by Crippen LogP contribution is -2.40.